The molecule has 2 aromatic heterocycles. The molecule has 3 rings (SSSR count). The monoisotopic (exact) mass is 242 g/mol. The van der Waals surface area contributed by atoms with Crippen LogP contribution in [0.2, 0.25) is 0 Å². The fourth-order valence-electron chi connectivity index (χ4n) is 2.91. The van der Waals surface area contributed by atoms with E-state index in [0.717, 1.165) is 29.7 Å². The molecule has 2 aromatic rings. The van der Waals surface area contributed by atoms with Crippen LogP contribution in [-0.2, 0) is 0 Å². The number of rotatable bonds is 2. The number of hydrogen-bond acceptors (Lipinski definition) is 2. The van der Waals surface area contributed by atoms with Gasteiger partial charge in [-0.2, -0.15) is 0 Å². The van der Waals surface area contributed by atoms with Gasteiger partial charge in [0, 0.05) is 18.3 Å². The molecule has 1 aliphatic carbocycles. The van der Waals surface area contributed by atoms with E-state index in [1.807, 2.05) is 35.9 Å². The van der Waals surface area contributed by atoms with Crippen molar-refractivity contribution in [2.24, 2.45) is 5.92 Å². The van der Waals surface area contributed by atoms with Gasteiger partial charge in [0.2, 0.25) is 0 Å². The lowest BCUT2D eigenvalue weighted by Crippen LogP contribution is -2.18. The first-order valence-corrected chi connectivity index (χ1v) is 6.74. The first kappa shape index (κ1) is 11.5. The van der Waals surface area contributed by atoms with Gasteiger partial charge in [-0.15, -0.1) is 0 Å². The van der Waals surface area contributed by atoms with Crippen LogP contribution in [0.4, 0.5) is 0 Å². The Balaban J connectivity index is 2.00. The second-order valence-corrected chi connectivity index (χ2v) is 5.23. The minimum absolute atomic E-state index is 0.210. The number of aromatic nitrogens is 2. The van der Waals surface area contributed by atoms with Crippen LogP contribution in [0.1, 0.15) is 48.2 Å². The zero-order chi connectivity index (χ0) is 12.5. The topological polar surface area (TPSA) is 34.4 Å². The van der Waals surface area contributed by atoms with Crippen LogP contribution in [0.25, 0.3) is 5.65 Å². The van der Waals surface area contributed by atoms with Crippen molar-refractivity contribution in [3.63, 3.8) is 0 Å². The van der Waals surface area contributed by atoms with Crippen LogP contribution in [0.3, 0.4) is 0 Å². The summed E-state index contributed by atoms with van der Waals surface area (Å²) in [5, 5.41) is 0. The Morgan fingerprint density at radius 1 is 1.33 bits per heavy atom. The number of fused-ring (bicyclic) bond motifs is 1. The van der Waals surface area contributed by atoms with Gasteiger partial charge in [-0.05, 0) is 31.9 Å². The highest BCUT2D eigenvalue weighted by atomic mass is 16.1. The minimum Gasteiger partial charge on any atom is -0.306 e. The molecule has 94 valence electrons. The normalized spacial score (nSPS) is 17.2. The molecule has 0 N–H and O–H groups in total. The summed E-state index contributed by atoms with van der Waals surface area (Å²) < 4.78 is 1.95. The molecule has 0 unspecified atom stereocenters. The van der Waals surface area contributed by atoms with E-state index in [0.29, 0.717) is 0 Å². The molecular weight excluding hydrogens is 224 g/mol. The number of Topliss-reactive ketones (excluding diaryl/α,β-unsaturated/α-hetero) is 1. The maximum absolute atomic E-state index is 12.6. The molecule has 0 bridgehead atoms. The number of carbonyl (C=O) groups is 1. The van der Waals surface area contributed by atoms with Crippen molar-refractivity contribution in [1.29, 1.82) is 0 Å². The summed E-state index contributed by atoms with van der Waals surface area (Å²) >= 11 is 0. The third-order valence-electron chi connectivity index (χ3n) is 3.84. The predicted molar refractivity (Wildman–Crippen MR) is 70.8 cm³/mol. The number of nitrogens with zero attached hydrogens (tertiary/aromatic N) is 2. The molecule has 0 atom stereocenters. The van der Waals surface area contributed by atoms with Crippen molar-refractivity contribution < 1.29 is 4.79 Å². The molecule has 3 nitrogen and oxygen atoms in total. The number of hydrogen-bond donors (Lipinski definition) is 0. The molecule has 18 heavy (non-hydrogen) atoms. The number of aryl methyl sites for hydroxylation is 1. The van der Waals surface area contributed by atoms with E-state index in [1.165, 1.54) is 19.3 Å². The third-order valence-corrected chi connectivity index (χ3v) is 3.84. The standard InChI is InChI=1S/C15H18N2O/c1-11-10-17-9-5-8-13(15(17)16-11)14(18)12-6-3-2-4-7-12/h5,8-10,12H,2-4,6-7H2,1H3. The van der Waals surface area contributed by atoms with Crippen LogP contribution in [0.15, 0.2) is 24.5 Å². The van der Waals surface area contributed by atoms with Gasteiger partial charge >= 0.3 is 0 Å². The van der Waals surface area contributed by atoms with E-state index in [2.05, 4.69) is 4.98 Å². The van der Waals surface area contributed by atoms with E-state index in [-0.39, 0.29) is 11.7 Å². The Morgan fingerprint density at radius 2 is 2.11 bits per heavy atom. The first-order chi connectivity index (χ1) is 8.75. The van der Waals surface area contributed by atoms with Gasteiger partial charge in [0.25, 0.3) is 0 Å². The largest absolute Gasteiger partial charge is 0.306 e. The summed E-state index contributed by atoms with van der Waals surface area (Å²) in [5.41, 5.74) is 2.56. The van der Waals surface area contributed by atoms with Crippen LogP contribution >= 0.6 is 0 Å². The molecule has 0 saturated heterocycles. The summed E-state index contributed by atoms with van der Waals surface area (Å²) in [4.78, 5) is 17.0. The van der Waals surface area contributed by atoms with Gasteiger partial charge in [-0.25, -0.2) is 4.98 Å². The van der Waals surface area contributed by atoms with Crippen molar-refractivity contribution >= 4 is 11.4 Å². The first-order valence-electron chi connectivity index (χ1n) is 6.74. The smallest absolute Gasteiger partial charge is 0.169 e. The van der Waals surface area contributed by atoms with E-state index < -0.39 is 0 Å². The van der Waals surface area contributed by atoms with E-state index in [9.17, 15) is 4.79 Å². The van der Waals surface area contributed by atoms with Gasteiger partial charge < -0.3 is 4.40 Å². The molecule has 1 aliphatic rings. The highest BCUT2D eigenvalue weighted by Gasteiger charge is 2.24. The van der Waals surface area contributed by atoms with Crippen molar-refractivity contribution in [2.75, 3.05) is 0 Å². The maximum atomic E-state index is 12.6. The van der Waals surface area contributed by atoms with Gasteiger partial charge in [-0.1, -0.05) is 19.3 Å². The van der Waals surface area contributed by atoms with Gasteiger partial charge in [0.15, 0.2) is 5.78 Å². The summed E-state index contributed by atoms with van der Waals surface area (Å²) in [6, 6.07) is 3.85. The highest BCUT2D eigenvalue weighted by Crippen LogP contribution is 2.28. The Morgan fingerprint density at radius 3 is 2.89 bits per heavy atom. The van der Waals surface area contributed by atoms with E-state index in [4.69, 9.17) is 0 Å². The lowest BCUT2D eigenvalue weighted by atomic mass is 9.84. The fourth-order valence-corrected chi connectivity index (χ4v) is 2.91. The summed E-state index contributed by atoms with van der Waals surface area (Å²) in [6.45, 7) is 1.96. The van der Waals surface area contributed by atoms with Gasteiger partial charge in [0.05, 0.1) is 11.3 Å². The van der Waals surface area contributed by atoms with Gasteiger partial charge in [-0.3, -0.25) is 4.79 Å². The zero-order valence-electron chi connectivity index (χ0n) is 10.7. The molecule has 0 amide bonds. The van der Waals surface area contributed by atoms with Crippen molar-refractivity contribution in [3.05, 3.63) is 35.8 Å². The van der Waals surface area contributed by atoms with Crippen LogP contribution < -0.4 is 0 Å². The Kier molecular flexibility index (Phi) is 2.90. The second-order valence-electron chi connectivity index (χ2n) is 5.23. The predicted octanol–water partition coefficient (Wildman–Crippen LogP) is 3.41. The number of carbonyl (C=O) groups excluding carboxylic acids is 1. The maximum Gasteiger partial charge on any atom is 0.169 e. The lowest BCUT2D eigenvalue weighted by Gasteiger charge is -2.20. The van der Waals surface area contributed by atoms with Crippen molar-refractivity contribution in [2.45, 2.75) is 39.0 Å². The van der Waals surface area contributed by atoms with E-state index >= 15 is 0 Å². The Bertz CT molecular complexity index is 579. The molecule has 0 radical (unpaired) electrons. The molecule has 1 fully saturated rings. The van der Waals surface area contributed by atoms with Crippen LogP contribution in [0.5, 0.6) is 0 Å². The summed E-state index contributed by atoms with van der Waals surface area (Å²) in [7, 11) is 0. The molecular formula is C15H18N2O. The second kappa shape index (κ2) is 4.56. The van der Waals surface area contributed by atoms with Crippen molar-refractivity contribution in [3.8, 4) is 0 Å². The number of imidazole rings is 1. The van der Waals surface area contributed by atoms with Gasteiger partial charge in [0.1, 0.15) is 5.65 Å². The SMILES string of the molecule is Cc1cn2cccc(C(=O)C3CCCCC3)c2n1. The number of ketones is 1. The summed E-state index contributed by atoms with van der Waals surface area (Å²) in [6.07, 6.45) is 9.65. The third kappa shape index (κ3) is 1.94. The van der Waals surface area contributed by atoms with Crippen LogP contribution in [-0.4, -0.2) is 15.2 Å². The van der Waals surface area contributed by atoms with Crippen molar-refractivity contribution in [1.82, 2.24) is 9.38 Å². The molecule has 0 aromatic carbocycles. The molecule has 0 aliphatic heterocycles. The van der Waals surface area contributed by atoms with E-state index in [1.54, 1.807) is 0 Å². The Labute approximate surface area is 107 Å². The highest BCUT2D eigenvalue weighted by molar-refractivity contribution is 6.02. The fraction of sp³-hybridized carbons (Fsp3) is 0.467. The molecule has 1 saturated carbocycles. The molecule has 2 heterocycles. The molecule has 3 heteroatoms. The minimum atomic E-state index is 0.210. The zero-order valence-corrected chi connectivity index (χ0v) is 10.7. The average molecular weight is 242 g/mol. The quantitative estimate of drug-likeness (QED) is 0.756. The Hall–Kier alpha value is -1.64. The van der Waals surface area contributed by atoms with Crippen LogP contribution in [0, 0.1) is 12.8 Å². The lowest BCUT2D eigenvalue weighted by molar-refractivity contribution is 0.0891. The molecule has 0 spiro atoms. The number of pyridine rings is 1. The summed E-state index contributed by atoms with van der Waals surface area (Å²) in [5.74, 6) is 0.493. The average Bonchev–Trinajstić information content (AvgIpc) is 2.79.